The molecule has 13 heteroatoms. The number of anilines is 1. The minimum Gasteiger partial charge on any atom is -0.508 e. The molecule has 3 aromatic carbocycles. The molecule has 10 N–H and O–H groups in total. The van der Waals surface area contributed by atoms with Crippen LogP contribution < -0.4 is 16.8 Å². The van der Waals surface area contributed by atoms with Crippen LogP contribution in [-0.2, 0) is 19.1 Å². The van der Waals surface area contributed by atoms with E-state index >= 15 is 0 Å². The number of nitrogens with two attached hydrogens (primary N) is 2. The molecule has 0 spiro atoms. The molecule has 3 aromatic rings. The molecule has 0 saturated heterocycles. The van der Waals surface area contributed by atoms with Gasteiger partial charge in [0.1, 0.15) is 29.4 Å². The van der Waals surface area contributed by atoms with E-state index in [-0.39, 0.29) is 29.3 Å². The van der Waals surface area contributed by atoms with Gasteiger partial charge in [0.25, 0.3) is 5.91 Å². The van der Waals surface area contributed by atoms with Crippen molar-refractivity contribution in [3.8, 4) is 16.9 Å². The topological polar surface area (TPSA) is 243 Å². The Morgan fingerprint density at radius 3 is 2.15 bits per heavy atom. The number of fused-ring (bicyclic) bond motifs is 6. The van der Waals surface area contributed by atoms with Gasteiger partial charge < -0.3 is 41.7 Å². The Morgan fingerprint density at radius 2 is 1.54 bits per heavy atom. The highest BCUT2D eigenvalue weighted by Gasteiger charge is 2.67. The van der Waals surface area contributed by atoms with E-state index in [0.29, 0.717) is 0 Å². The molecular weight excluding hydrogens is 622 g/mol. The summed E-state index contributed by atoms with van der Waals surface area (Å²) in [6.45, 7) is 1.57. The van der Waals surface area contributed by atoms with Crippen molar-refractivity contribution in [1.29, 1.82) is 0 Å². The lowest BCUT2D eigenvalue weighted by molar-refractivity contribution is -0.163. The number of Topliss-reactive ketones (excluding diaryl/α,β-unsaturated/α-hetero) is 2. The first kappa shape index (κ1) is 31.1. The number of primary amides is 1. The van der Waals surface area contributed by atoms with Gasteiger partial charge in [0, 0.05) is 17.4 Å². The van der Waals surface area contributed by atoms with Crippen LogP contribution in [0.3, 0.4) is 0 Å². The lowest BCUT2D eigenvalue weighted by atomic mass is 9.54. The van der Waals surface area contributed by atoms with Gasteiger partial charge in [0.2, 0.25) is 5.78 Å². The van der Waals surface area contributed by atoms with Crippen molar-refractivity contribution >= 4 is 35.0 Å². The smallest absolute Gasteiger partial charge is 0.411 e. The van der Waals surface area contributed by atoms with E-state index in [4.69, 9.17) is 16.2 Å². The molecule has 0 aliphatic heterocycles. The number of aliphatic hydroxyl groups is 4. The van der Waals surface area contributed by atoms with Crippen LogP contribution in [0, 0.1) is 11.8 Å². The molecule has 0 heterocycles. The summed E-state index contributed by atoms with van der Waals surface area (Å²) in [6, 6.07) is 16.6. The van der Waals surface area contributed by atoms with E-state index in [1.807, 2.05) is 48.5 Å². The van der Waals surface area contributed by atoms with Gasteiger partial charge in [0.05, 0.1) is 29.3 Å². The number of phenols is 1. The van der Waals surface area contributed by atoms with Crippen molar-refractivity contribution in [2.75, 3.05) is 11.9 Å². The number of ketones is 2. The molecule has 4 aliphatic rings. The number of benzene rings is 3. The Bertz CT molecular complexity index is 1990. The van der Waals surface area contributed by atoms with Gasteiger partial charge in [-0.3, -0.25) is 19.7 Å². The fourth-order valence-corrected chi connectivity index (χ4v) is 7.98. The molecular formula is C35H31N3O10. The summed E-state index contributed by atoms with van der Waals surface area (Å²) in [4.78, 5) is 51.8. The Morgan fingerprint density at radius 1 is 0.938 bits per heavy atom. The zero-order chi connectivity index (χ0) is 34.4. The number of hydrogen-bond donors (Lipinski definition) is 8. The standard InChI is InChI=1S/C35H31N3O10/c1-13-14-10-11-20(38-34(46)48-12-19-17-8-4-2-6-15(17)16-7-3-5-9-18(16)19)27(39)22(14)28(40)23-21(13)29(41)25-26(36)30(42)24(33(37)45)32(44)35(25,47)31(23)43/h2-11,13,19,21,25-26,29,39-41,44,47H,12,36H2,1H3,(H2,37,45)(H,38,46)/t13-,21?,25?,26-,29-,35-/m0/s1. The SMILES string of the molecule is C[C@H]1c2ccc(NC(=O)OCC3c4ccccc4-c4ccccc43)c(O)c2C(O)=C2C(=O)[C@]3(O)C(O)=C(C(N)=O)C(=O)[C@@H](N)C3[C@@H](O)C21. The summed E-state index contributed by atoms with van der Waals surface area (Å²) in [5, 5.41) is 59.1. The maximum absolute atomic E-state index is 14.0. The normalized spacial score (nSPS) is 27.5. The molecule has 2 amide bonds. The molecule has 246 valence electrons. The average molecular weight is 654 g/mol. The molecule has 0 bridgehead atoms. The predicted molar refractivity (Wildman–Crippen MR) is 170 cm³/mol. The largest absolute Gasteiger partial charge is 0.508 e. The van der Waals surface area contributed by atoms with Crippen LogP contribution in [0.5, 0.6) is 5.75 Å². The first-order valence-corrected chi connectivity index (χ1v) is 15.2. The van der Waals surface area contributed by atoms with Gasteiger partial charge in [-0.05, 0) is 39.8 Å². The van der Waals surface area contributed by atoms with Gasteiger partial charge in [-0.25, -0.2) is 4.79 Å². The van der Waals surface area contributed by atoms with Crippen LogP contribution in [0.1, 0.15) is 41.0 Å². The number of aliphatic hydroxyl groups excluding tert-OH is 3. The highest BCUT2D eigenvalue weighted by molar-refractivity contribution is 6.24. The van der Waals surface area contributed by atoms with Crippen molar-refractivity contribution < 1.29 is 49.4 Å². The Hall–Kier alpha value is -5.50. The van der Waals surface area contributed by atoms with Crippen LogP contribution in [-0.4, -0.2) is 73.5 Å². The molecule has 7 rings (SSSR count). The Balaban J connectivity index is 1.21. The Kier molecular flexibility index (Phi) is 6.98. The third kappa shape index (κ3) is 4.08. The number of carbonyl (C=O) groups excluding carboxylic acids is 4. The molecule has 1 saturated carbocycles. The minimum absolute atomic E-state index is 0.0132. The molecule has 4 aliphatic carbocycles. The number of carbonyl (C=O) groups is 4. The fraction of sp³-hybridized carbons (Fsp3) is 0.257. The van der Waals surface area contributed by atoms with E-state index in [9.17, 15) is 44.7 Å². The summed E-state index contributed by atoms with van der Waals surface area (Å²) in [7, 11) is 0. The summed E-state index contributed by atoms with van der Waals surface area (Å²) in [5.74, 6) is -10.9. The first-order valence-electron chi connectivity index (χ1n) is 15.2. The van der Waals surface area contributed by atoms with Gasteiger partial charge in [-0.1, -0.05) is 61.5 Å². The highest BCUT2D eigenvalue weighted by Crippen LogP contribution is 2.56. The number of nitrogens with one attached hydrogen (secondary N) is 1. The quantitative estimate of drug-likeness (QED) is 0.150. The number of amides is 2. The van der Waals surface area contributed by atoms with Crippen LogP contribution in [0.2, 0.25) is 0 Å². The maximum Gasteiger partial charge on any atom is 0.411 e. The van der Waals surface area contributed by atoms with E-state index in [2.05, 4.69) is 5.32 Å². The van der Waals surface area contributed by atoms with E-state index in [0.717, 1.165) is 22.3 Å². The summed E-state index contributed by atoms with van der Waals surface area (Å²) in [6.07, 6.45) is -2.69. The number of hydrogen-bond acceptors (Lipinski definition) is 11. The number of ether oxygens (including phenoxy) is 1. The lowest BCUT2D eigenvalue weighted by Gasteiger charge is -2.52. The van der Waals surface area contributed by atoms with Crippen molar-refractivity contribution in [2.45, 2.75) is 36.5 Å². The molecule has 13 nitrogen and oxygen atoms in total. The van der Waals surface area contributed by atoms with Crippen LogP contribution in [0.25, 0.3) is 16.9 Å². The van der Waals surface area contributed by atoms with Crippen molar-refractivity contribution in [3.05, 3.63) is 99.8 Å². The Labute approximate surface area is 272 Å². The predicted octanol–water partition coefficient (Wildman–Crippen LogP) is 2.25. The van der Waals surface area contributed by atoms with Crippen molar-refractivity contribution in [2.24, 2.45) is 23.3 Å². The average Bonchev–Trinajstić information content (AvgIpc) is 3.38. The van der Waals surface area contributed by atoms with E-state index in [1.54, 1.807) is 6.92 Å². The highest BCUT2D eigenvalue weighted by atomic mass is 16.5. The molecule has 48 heavy (non-hydrogen) atoms. The fourth-order valence-electron chi connectivity index (χ4n) is 7.98. The van der Waals surface area contributed by atoms with Crippen LogP contribution >= 0.6 is 0 Å². The monoisotopic (exact) mass is 653 g/mol. The molecule has 2 unspecified atom stereocenters. The molecule has 1 fully saturated rings. The van der Waals surface area contributed by atoms with Crippen molar-refractivity contribution in [3.63, 3.8) is 0 Å². The molecule has 6 atom stereocenters. The van der Waals surface area contributed by atoms with Gasteiger partial charge in [0.15, 0.2) is 11.4 Å². The molecule has 0 radical (unpaired) electrons. The van der Waals surface area contributed by atoms with Gasteiger partial charge in [-0.2, -0.15) is 0 Å². The van der Waals surface area contributed by atoms with Crippen molar-refractivity contribution in [1.82, 2.24) is 0 Å². The maximum atomic E-state index is 14.0. The summed E-state index contributed by atoms with van der Waals surface area (Å²) >= 11 is 0. The zero-order valence-corrected chi connectivity index (χ0v) is 25.4. The van der Waals surface area contributed by atoms with E-state index in [1.165, 1.54) is 12.1 Å². The minimum atomic E-state index is -3.10. The van der Waals surface area contributed by atoms with Crippen LogP contribution in [0.4, 0.5) is 10.5 Å². The summed E-state index contributed by atoms with van der Waals surface area (Å²) < 4.78 is 5.57. The first-order chi connectivity index (χ1) is 22.8. The van der Waals surface area contributed by atoms with Gasteiger partial charge in [-0.15, -0.1) is 0 Å². The number of phenolic OH excluding ortho intramolecular Hbond substituents is 1. The van der Waals surface area contributed by atoms with Crippen LogP contribution in [0.15, 0.2) is 77.6 Å². The van der Waals surface area contributed by atoms with Gasteiger partial charge >= 0.3 is 6.09 Å². The van der Waals surface area contributed by atoms with E-state index < -0.39 is 87.5 Å². The third-order valence-electron chi connectivity index (χ3n) is 10.2. The second kappa shape index (κ2) is 10.8. The second-order valence-corrected chi connectivity index (χ2v) is 12.5. The summed E-state index contributed by atoms with van der Waals surface area (Å²) in [5.41, 5.74) is 10.4. The molecule has 0 aromatic heterocycles. The second-order valence-electron chi connectivity index (χ2n) is 12.5. The number of rotatable bonds is 4. The third-order valence-corrected chi connectivity index (χ3v) is 10.2. The lowest BCUT2D eigenvalue weighted by Crippen LogP contribution is -2.70. The zero-order valence-electron chi connectivity index (χ0n) is 25.4. The number of aromatic hydroxyl groups is 1.